The fourth-order valence-electron chi connectivity index (χ4n) is 10.0. The molecular weight excluding hydrogens is 687 g/mol. The fraction of sp³-hybridized carbons (Fsp3) is 0.0196. The summed E-state index contributed by atoms with van der Waals surface area (Å²) in [5.41, 5.74) is 13.4. The van der Waals surface area contributed by atoms with Crippen LogP contribution in [0.25, 0.3) is 92.3 Å². The van der Waals surface area contributed by atoms with Gasteiger partial charge in [-0.1, -0.05) is 146 Å². The normalized spacial score (nSPS) is 13.6. The average molecular weight is 716 g/mol. The van der Waals surface area contributed by atoms with E-state index in [0.717, 1.165) is 38.5 Å². The number of rotatable bonds is 2. The molecule has 3 heterocycles. The molecule has 0 aliphatic heterocycles. The zero-order valence-electron chi connectivity index (χ0n) is 29.5. The maximum Gasteiger partial charge on any atom is 0.163 e. The van der Waals surface area contributed by atoms with E-state index >= 15 is 0 Å². The number of fused-ring (bicyclic) bond motifs is 17. The maximum atomic E-state index is 5.62. The van der Waals surface area contributed by atoms with Crippen molar-refractivity contribution < 1.29 is 0 Å². The summed E-state index contributed by atoms with van der Waals surface area (Å²) in [6, 6.07) is 64.6. The number of hydrogen-bond acceptors (Lipinski definition) is 3. The maximum absolute atomic E-state index is 5.62. The van der Waals surface area contributed by atoms with Crippen LogP contribution in [0.1, 0.15) is 22.3 Å². The van der Waals surface area contributed by atoms with E-state index < -0.39 is 0 Å². The summed E-state index contributed by atoms with van der Waals surface area (Å²) in [5.74, 6) is 1.64. The highest BCUT2D eigenvalue weighted by molar-refractivity contribution is 7.25. The van der Waals surface area contributed by atoms with E-state index in [1.165, 1.54) is 76.1 Å². The van der Waals surface area contributed by atoms with Gasteiger partial charge in [0.05, 0.1) is 21.8 Å². The van der Waals surface area contributed by atoms with Crippen molar-refractivity contribution in [1.82, 2.24) is 14.5 Å². The molecule has 0 unspecified atom stereocenters. The molecule has 0 N–H and O–H groups in total. The van der Waals surface area contributed by atoms with Gasteiger partial charge in [0.25, 0.3) is 0 Å². The molecule has 0 amide bonds. The van der Waals surface area contributed by atoms with Crippen molar-refractivity contribution in [3.63, 3.8) is 0 Å². The predicted molar refractivity (Wildman–Crippen MR) is 228 cm³/mol. The van der Waals surface area contributed by atoms with Crippen LogP contribution >= 0.6 is 11.3 Å². The van der Waals surface area contributed by atoms with Gasteiger partial charge >= 0.3 is 0 Å². The molecule has 2 aliphatic rings. The molecule has 1 spiro atoms. The minimum absolute atomic E-state index is 0.384. The number of thiophene rings is 1. The third-order valence-corrected chi connectivity index (χ3v) is 13.3. The standard InChI is InChI=1S/C51H29N3S/c1-2-14-31-29-45-39(27-30(31)13-1)36-18-6-11-23-44(36)54(45)49-47-37-19-7-12-24-46(37)55-50(47)53-48(52-49)32-25-26-43-38(28-32)35-17-5-10-22-42(35)51(43)40-20-8-3-15-33(40)34-16-4-9-21-41(34)51/h1-29H. The molecule has 0 atom stereocenters. The lowest BCUT2D eigenvalue weighted by Crippen LogP contribution is -2.25. The number of para-hydroxylation sites is 1. The number of benzene rings is 8. The van der Waals surface area contributed by atoms with Gasteiger partial charge in [0.15, 0.2) is 11.6 Å². The summed E-state index contributed by atoms with van der Waals surface area (Å²) in [7, 11) is 0. The molecule has 3 aromatic heterocycles. The van der Waals surface area contributed by atoms with Gasteiger partial charge in [-0.25, -0.2) is 9.97 Å². The minimum Gasteiger partial charge on any atom is -0.293 e. The predicted octanol–water partition coefficient (Wildman–Crippen LogP) is 13.1. The molecule has 3 nitrogen and oxygen atoms in total. The molecule has 0 bridgehead atoms. The van der Waals surface area contributed by atoms with Gasteiger partial charge in [0.2, 0.25) is 0 Å². The van der Waals surface area contributed by atoms with Crippen LogP contribution in [0.3, 0.4) is 0 Å². The third kappa shape index (κ3) is 3.74. The van der Waals surface area contributed by atoms with Gasteiger partial charge in [-0.3, -0.25) is 4.57 Å². The Morgan fingerprint density at radius 1 is 0.436 bits per heavy atom. The van der Waals surface area contributed by atoms with E-state index in [9.17, 15) is 0 Å². The van der Waals surface area contributed by atoms with Gasteiger partial charge in [0, 0.05) is 26.4 Å². The van der Waals surface area contributed by atoms with E-state index in [2.05, 4.69) is 180 Å². The molecular formula is C51H29N3S. The summed E-state index contributed by atoms with van der Waals surface area (Å²) in [6.07, 6.45) is 0. The van der Waals surface area contributed by atoms with E-state index in [-0.39, 0.29) is 5.41 Å². The van der Waals surface area contributed by atoms with Gasteiger partial charge in [-0.15, -0.1) is 11.3 Å². The van der Waals surface area contributed by atoms with Crippen molar-refractivity contribution in [3.05, 3.63) is 198 Å². The molecule has 11 aromatic rings. The second-order valence-electron chi connectivity index (χ2n) is 14.9. The van der Waals surface area contributed by atoms with Crippen LogP contribution in [0, 0.1) is 0 Å². The lowest BCUT2D eigenvalue weighted by Gasteiger charge is -2.30. The van der Waals surface area contributed by atoms with Crippen LogP contribution in [-0.4, -0.2) is 14.5 Å². The summed E-state index contributed by atoms with van der Waals surface area (Å²) in [6.45, 7) is 0. The number of nitrogens with zero attached hydrogens (tertiary/aromatic N) is 3. The van der Waals surface area contributed by atoms with Gasteiger partial charge in [-0.05, 0) is 85.6 Å². The summed E-state index contributed by atoms with van der Waals surface area (Å²) in [4.78, 5) is 12.0. The molecule has 13 rings (SSSR count). The van der Waals surface area contributed by atoms with Crippen LogP contribution in [-0.2, 0) is 5.41 Å². The molecule has 0 radical (unpaired) electrons. The second kappa shape index (κ2) is 10.6. The number of hydrogen-bond donors (Lipinski definition) is 0. The van der Waals surface area contributed by atoms with Gasteiger partial charge < -0.3 is 0 Å². The topological polar surface area (TPSA) is 30.7 Å². The molecule has 2 aliphatic carbocycles. The first-order chi connectivity index (χ1) is 27.3. The second-order valence-corrected chi connectivity index (χ2v) is 15.9. The SMILES string of the molecule is c1ccc2c(c1)-c1ccccc1C21c2ccccc2-c2cc(-c3nc(-n4c5ccccc5c5cc6ccccc6cc54)c4c(n3)sc3ccccc34)ccc21. The van der Waals surface area contributed by atoms with Crippen LogP contribution in [0.4, 0.5) is 0 Å². The molecule has 55 heavy (non-hydrogen) atoms. The van der Waals surface area contributed by atoms with Crippen LogP contribution < -0.4 is 0 Å². The smallest absolute Gasteiger partial charge is 0.163 e. The van der Waals surface area contributed by atoms with E-state index in [1.54, 1.807) is 11.3 Å². The highest BCUT2D eigenvalue weighted by atomic mass is 32.1. The fourth-order valence-corrected chi connectivity index (χ4v) is 11.1. The van der Waals surface area contributed by atoms with Crippen molar-refractivity contribution in [3.8, 4) is 39.5 Å². The van der Waals surface area contributed by atoms with Crippen molar-refractivity contribution in [1.29, 1.82) is 0 Å². The molecule has 8 aromatic carbocycles. The molecule has 0 fully saturated rings. The third-order valence-electron chi connectivity index (χ3n) is 12.2. The van der Waals surface area contributed by atoms with E-state index in [0.29, 0.717) is 0 Å². The minimum atomic E-state index is -0.384. The van der Waals surface area contributed by atoms with Gasteiger partial charge in [-0.2, -0.15) is 0 Å². The van der Waals surface area contributed by atoms with Gasteiger partial charge in [0.1, 0.15) is 4.83 Å². The summed E-state index contributed by atoms with van der Waals surface area (Å²) >= 11 is 1.74. The Morgan fingerprint density at radius 3 is 1.76 bits per heavy atom. The number of aromatic nitrogens is 3. The Kier molecular flexibility index (Phi) is 5.71. The van der Waals surface area contributed by atoms with Crippen molar-refractivity contribution in [2.45, 2.75) is 5.41 Å². The first kappa shape index (κ1) is 29.6. The largest absolute Gasteiger partial charge is 0.293 e. The molecule has 0 saturated heterocycles. The Balaban J connectivity index is 1.11. The Labute approximate surface area is 320 Å². The molecule has 4 heteroatoms. The average Bonchev–Trinajstić information content (AvgIpc) is 3.96. The van der Waals surface area contributed by atoms with Crippen molar-refractivity contribution >= 4 is 64.2 Å². The Morgan fingerprint density at radius 2 is 1.02 bits per heavy atom. The molecule has 254 valence electrons. The van der Waals surface area contributed by atoms with Crippen LogP contribution in [0.5, 0.6) is 0 Å². The van der Waals surface area contributed by atoms with Crippen LogP contribution in [0.15, 0.2) is 176 Å². The van der Waals surface area contributed by atoms with Crippen LogP contribution in [0.2, 0.25) is 0 Å². The highest BCUT2D eigenvalue weighted by Gasteiger charge is 2.51. The van der Waals surface area contributed by atoms with E-state index in [4.69, 9.17) is 9.97 Å². The molecule has 0 saturated carbocycles. The lowest BCUT2D eigenvalue weighted by molar-refractivity contribution is 0.794. The Hall–Kier alpha value is -6.88. The zero-order valence-corrected chi connectivity index (χ0v) is 30.3. The van der Waals surface area contributed by atoms with Crippen molar-refractivity contribution in [2.24, 2.45) is 0 Å². The zero-order chi connectivity index (χ0) is 35.8. The lowest BCUT2D eigenvalue weighted by atomic mass is 9.70. The monoisotopic (exact) mass is 715 g/mol. The first-order valence-corrected chi connectivity index (χ1v) is 19.6. The first-order valence-electron chi connectivity index (χ1n) is 18.8. The van der Waals surface area contributed by atoms with E-state index in [1.807, 2.05) is 0 Å². The van der Waals surface area contributed by atoms with Crippen molar-refractivity contribution in [2.75, 3.05) is 0 Å². The summed E-state index contributed by atoms with van der Waals surface area (Å²) < 4.78 is 3.59. The Bertz CT molecular complexity index is 3410. The highest BCUT2D eigenvalue weighted by Crippen LogP contribution is 2.63. The summed E-state index contributed by atoms with van der Waals surface area (Å²) in [5, 5.41) is 7.15. The quantitative estimate of drug-likeness (QED) is 0.178.